The molecule has 3 atom stereocenters. The fourth-order valence-corrected chi connectivity index (χ4v) is 8.01. The summed E-state index contributed by atoms with van der Waals surface area (Å²) in [5, 5.41) is 13.7. The number of phosphoric acid groups is 1. The lowest BCUT2D eigenvalue weighted by atomic mass is 10.0. The molecular weight excluding hydrogens is 852 g/mol. The zero-order valence-electron chi connectivity index (χ0n) is 43.8. The summed E-state index contributed by atoms with van der Waals surface area (Å²) in [6, 6.07) is -0.905. The largest absolute Gasteiger partial charge is 0.756 e. The molecular formula is C58H103N2O6P. The van der Waals surface area contributed by atoms with Crippen LogP contribution < -0.4 is 10.2 Å². The molecule has 386 valence electrons. The molecule has 0 aromatic rings. The second-order valence-corrected chi connectivity index (χ2v) is 20.6. The molecule has 2 N–H and O–H groups in total. The normalized spacial score (nSPS) is 14.8. The lowest BCUT2D eigenvalue weighted by molar-refractivity contribution is -0.870. The number of unbranched alkanes of at least 4 members (excludes halogenated alkanes) is 21. The monoisotopic (exact) mass is 955 g/mol. The Morgan fingerprint density at radius 1 is 0.537 bits per heavy atom. The van der Waals surface area contributed by atoms with Crippen LogP contribution >= 0.6 is 7.82 Å². The van der Waals surface area contributed by atoms with Crippen LogP contribution in [0.1, 0.15) is 213 Å². The molecule has 0 rings (SSSR count). The van der Waals surface area contributed by atoms with Gasteiger partial charge in [-0.25, -0.2) is 0 Å². The van der Waals surface area contributed by atoms with Crippen molar-refractivity contribution in [2.75, 3.05) is 40.9 Å². The van der Waals surface area contributed by atoms with E-state index in [-0.39, 0.29) is 12.5 Å². The van der Waals surface area contributed by atoms with Gasteiger partial charge in [-0.2, -0.15) is 0 Å². The van der Waals surface area contributed by atoms with Gasteiger partial charge in [-0.05, 0) is 83.5 Å². The number of amides is 1. The summed E-state index contributed by atoms with van der Waals surface area (Å²) >= 11 is 0. The third-order valence-corrected chi connectivity index (χ3v) is 12.5. The first kappa shape index (κ1) is 64.4. The standard InChI is InChI=1S/C58H103N2O6P/c1-6-8-10-12-14-16-18-19-20-21-22-23-24-25-26-27-28-29-30-31-32-33-34-35-36-37-38-39-40-41-42-44-46-48-50-52-58(62)59-56(55-66-67(63,64)65-54-53-60(3,4)5)57(61)51-49-47-45-43-17-15-13-11-9-7-2/h8,10,14,16-17,19-20,22-23,25-26,28-29,43,49,51,56-57,61H,6-7,9,11-13,15,18,21,24,27,30-42,44-48,50,52-55H2,1-5H3,(H-,59,62,63,64)/b10-8-,16-14-,20-19-,23-22-,26-25-,29-28-,43-17+,51-49+. The SMILES string of the molecule is CC/C=C\C/C=C\C/C=C\C/C=C\C/C=C\C/C=C\CCCCCCCCCCCCCCCCCCC(=O)NC(COP(=O)([O-])OCC[N+](C)(C)C)C(O)/C=C/CC/C=C/CCCCCC. The summed E-state index contributed by atoms with van der Waals surface area (Å²) in [4.78, 5) is 25.3. The van der Waals surface area contributed by atoms with Crippen LogP contribution in [0.25, 0.3) is 0 Å². The van der Waals surface area contributed by atoms with E-state index in [4.69, 9.17) is 9.05 Å². The minimum absolute atomic E-state index is 0.00957. The maximum absolute atomic E-state index is 12.9. The Bertz CT molecular complexity index is 1410. The number of aliphatic hydroxyl groups is 1. The minimum Gasteiger partial charge on any atom is -0.756 e. The molecule has 67 heavy (non-hydrogen) atoms. The van der Waals surface area contributed by atoms with Gasteiger partial charge in [-0.15, -0.1) is 0 Å². The first-order valence-electron chi connectivity index (χ1n) is 27.1. The molecule has 0 heterocycles. The van der Waals surface area contributed by atoms with Crippen LogP contribution in [0.3, 0.4) is 0 Å². The van der Waals surface area contributed by atoms with E-state index >= 15 is 0 Å². The highest BCUT2D eigenvalue weighted by Crippen LogP contribution is 2.38. The number of carbonyl (C=O) groups is 1. The number of hydrogen-bond acceptors (Lipinski definition) is 6. The lowest BCUT2D eigenvalue weighted by Gasteiger charge is -2.29. The van der Waals surface area contributed by atoms with E-state index < -0.39 is 26.6 Å². The Kier molecular flexibility index (Phi) is 46.6. The van der Waals surface area contributed by atoms with Crippen molar-refractivity contribution in [1.82, 2.24) is 5.32 Å². The quantitative estimate of drug-likeness (QED) is 0.0272. The number of aliphatic hydroxyl groups excluding tert-OH is 1. The molecule has 3 unspecified atom stereocenters. The predicted molar refractivity (Wildman–Crippen MR) is 288 cm³/mol. The maximum Gasteiger partial charge on any atom is 0.268 e. The van der Waals surface area contributed by atoms with Crippen molar-refractivity contribution in [1.29, 1.82) is 0 Å². The van der Waals surface area contributed by atoms with E-state index in [2.05, 4.69) is 104 Å². The number of quaternary nitrogens is 1. The van der Waals surface area contributed by atoms with Gasteiger partial charge in [-0.3, -0.25) is 9.36 Å². The Morgan fingerprint density at radius 2 is 0.925 bits per heavy atom. The molecule has 9 heteroatoms. The van der Waals surface area contributed by atoms with Crippen LogP contribution in [0.5, 0.6) is 0 Å². The fraction of sp³-hybridized carbons (Fsp3) is 0.707. The zero-order chi connectivity index (χ0) is 49.2. The molecule has 0 aliphatic heterocycles. The van der Waals surface area contributed by atoms with E-state index in [1.807, 2.05) is 27.2 Å². The molecule has 0 aliphatic carbocycles. The number of carbonyl (C=O) groups excluding carboxylic acids is 1. The number of hydrogen-bond donors (Lipinski definition) is 2. The van der Waals surface area contributed by atoms with Crippen molar-refractivity contribution >= 4 is 13.7 Å². The molecule has 0 saturated carbocycles. The van der Waals surface area contributed by atoms with Gasteiger partial charge in [0, 0.05) is 6.42 Å². The lowest BCUT2D eigenvalue weighted by Crippen LogP contribution is -2.45. The van der Waals surface area contributed by atoms with E-state index in [9.17, 15) is 19.4 Å². The second-order valence-electron chi connectivity index (χ2n) is 19.2. The Hall–Kier alpha value is -2.58. The van der Waals surface area contributed by atoms with Gasteiger partial charge in [-0.1, -0.05) is 220 Å². The maximum atomic E-state index is 12.9. The summed E-state index contributed by atoms with van der Waals surface area (Å²) in [6.45, 7) is 4.46. The highest BCUT2D eigenvalue weighted by Gasteiger charge is 2.23. The van der Waals surface area contributed by atoms with Gasteiger partial charge in [0.05, 0.1) is 39.9 Å². The Labute approximate surface area is 413 Å². The van der Waals surface area contributed by atoms with Crippen molar-refractivity contribution in [2.24, 2.45) is 0 Å². The van der Waals surface area contributed by atoms with Crippen molar-refractivity contribution in [2.45, 2.75) is 225 Å². The van der Waals surface area contributed by atoms with Gasteiger partial charge in [0.2, 0.25) is 5.91 Å². The molecule has 1 amide bonds. The van der Waals surface area contributed by atoms with Crippen LogP contribution in [0.4, 0.5) is 0 Å². The van der Waals surface area contributed by atoms with E-state index in [1.165, 1.54) is 116 Å². The number of phosphoric ester groups is 1. The van der Waals surface area contributed by atoms with Crippen LogP contribution in [-0.4, -0.2) is 68.5 Å². The Morgan fingerprint density at radius 3 is 1.39 bits per heavy atom. The number of nitrogens with one attached hydrogen (secondary N) is 1. The molecule has 0 fully saturated rings. The van der Waals surface area contributed by atoms with Crippen LogP contribution in [0, 0.1) is 0 Å². The summed E-state index contributed by atoms with van der Waals surface area (Å²) in [6.07, 6.45) is 69.3. The van der Waals surface area contributed by atoms with E-state index in [0.717, 1.165) is 77.0 Å². The summed E-state index contributed by atoms with van der Waals surface area (Å²) in [5.74, 6) is -0.212. The van der Waals surface area contributed by atoms with Crippen LogP contribution in [-0.2, 0) is 18.4 Å². The molecule has 0 aromatic heterocycles. The molecule has 8 nitrogen and oxygen atoms in total. The fourth-order valence-electron chi connectivity index (χ4n) is 7.29. The van der Waals surface area contributed by atoms with Gasteiger partial charge < -0.3 is 28.8 Å². The smallest absolute Gasteiger partial charge is 0.268 e. The van der Waals surface area contributed by atoms with Crippen molar-refractivity contribution in [3.8, 4) is 0 Å². The van der Waals surface area contributed by atoms with Gasteiger partial charge in [0.25, 0.3) is 7.82 Å². The first-order valence-corrected chi connectivity index (χ1v) is 28.6. The van der Waals surface area contributed by atoms with Gasteiger partial charge in [0.15, 0.2) is 0 Å². The zero-order valence-corrected chi connectivity index (χ0v) is 44.7. The van der Waals surface area contributed by atoms with E-state index in [0.29, 0.717) is 17.4 Å². The molecule has 0 aliphatic rings. The Balaban J connectivity index is 4.01. The first-order chi connectivity index (χ1) is 32.5. The average Bonchev–Trinajstić information content (AvgIpc) is 3.29. The number of allylic oxidation sites excluding steroid dienone is 15. The molecule has 0 radical (unpaired) electrons. The summed E-state index contributed by atoms with van der Waals surface area (Å²) < 4.78 is 23.2. The van der Waals surface area contributed by atoms with Crippen molar-refractivity contribution in [3.63, 3.8) is 0 Å². The molecule has 0 bridgehead atoms. The summed E-state index contributed by atoms with van der Waals surface area (Å²) in [7, 11) is 1.23. The highest BCUT2D eigenvalue weighted by atomic mass is 31.2. The van der Waals surface area contributed by atoms with Crippen LogP contribution in [0.2, 0.25) is 0 Å². The third-order valence-electron chi connectivity index (χ3n) is 11.5. The third kappa shape index (κ3) is 51.1. The number of rotatable bonds is 48. The van der Waals surface area contributed by atoms with E-state index in [1.54, 1.807) is 6.08 Å². The predicted octanol–water partition coefficient (Wildman–Crippen LogP) is 15.6. The number of nitrogens with zero attached hydrogens (tertiary/aromatic N) is 1. The van der Waals surface area contributed by atoms with Gasteiger partial charge in [0.1, 0.15) is 13.2 Å². The molecule has 0 aromatic carbocycles. The molecule has 0 spiro atoms. The van der Waals surface area contributed by atoms with Crippen molar-refractivity contribution < 1.29 is 32.9 Å². The van der Waals surface area contributed by atoms with Crippen molar-refractivity contribution in [3.05, 3.63) is 97.2 Å². The van der Waals surface area contributed by atoms with Gasteiger partial charge >= 0.3 is 0 Å². The highest BCUT2D eigenvalue weighted by molar-refractivity contribution is 7.45. The van der Waals surface area contributed by atoms with Crippen LogP contribution in [0.15, 0.2) is 97.2 Å². The minimum atomic E-state index is -4.60. The molecule has 0 saturated heterocycles. The number of likely N-dealkylation sites (N-methyl/N-ethyl adjacent to an activating group) is 1. The topological polar surface area (TPSA) is 108 Å². The average molecular weight is 955 g/mol. The second kappa shape index (κ2) is 48.4. The summed E-state index contributed by atoms with van der Waals surface area (Å²) in [5.41, 5.74) is 0.